The number of hydrogen-bond acceptors (Lipinski definition) is 5. The third kappa shape index (κ3) is 17.8. The molecule has 0 aliphatic rings. The lowest BCUT2D eigenvalue weighted by Gasteiger charge is -2.10. The highest BCUT2D eigenvalue weighted by Crippen LogP contribution is 1.90. The Hall–Kier alpha value is -0.200. The predicted molar refractivity (Wildman–Crippen MR) is 52.7 cm³/mol. The molecule has 4 N–H and O–H groups in total. The molecule has 0 bridgehead atoms. The minimum atomic E-state index is -1.12. The van der Waals surface area contributed by atoms with Gasteiger partial charge in [0.15, 0.2) is 6.29 Å². The van der Waals surface area contributed by atoms with Gasteiger partial charge < -0.3 is 25.2 Å². The van der Waals surface area contributed by atoms with Crippen molar-refractivity contribution in [3.8, 4) is 0 Å². The van der Waals surface area contributed by atoms with Gasteiger partial charge in [-0.1, -0.05) is 6.92 Å². The van der Waals surface area contributed by atoms with Crippen LogP contribution < -0.4 is 0 Å². The highest BCUT2D eigenvalue weighted by molar-refractivity contribution is 4.47. The summed E-state index contributed by atoms with van der Waals surface area (Å²) < 4.78 is 4.95. The molecule has 0 aromatic heterocycles. The molecule has 0 aromatic rings. The van der Waals surface area contributed by atoms with Crippen LogP contribution in [0.15, 0.2) is 0 Å². The van der Waals surface area contributed by atoms with E-state index in [9.17, 15) is 0 Å². The van der Waals surface area contributed by atoms with E-state index in [2.05, 4.69) is 0 Å². The van der Waals surface area contributed by atoms with E-state index in [1.54, 1.807) is 20.8 Å². The molecule has 2 atom stereocenters. The van der Waals surface area contributed by atoms with Gasteiger partial charge in [0.25, 0.3) is 0 Å². The van der Waals surface area contributed by atoms with Gasteiger partial charge in [0.2, 0.25) is 0 Å². The second-order valence-corrected chi connectivity index (χ2v) is 3.06. The monoisotopic (exact) mass is 210 g/mol. The molecule has 0 rings (SSSR count). The molecule has 14 heavy (non-hydrogen) atoms. The Morgan fingerprint density at radius 1 is 1.14 bits per heavy atom. The van der Waals surface area contributed by atoms with E-state index in [1.807, 2.05) is 0 Å². The lowest BCUT2D eigenvalue weighted by molar-refractivity contribution is -0.0413. The van der Waals surface area contributed by atoms with E-state index in [0.29, 0.717) is 13.0 Å². The van der Waals surface area contributed by atoms with Crippen LogP contribution in [-0.4, -0.2) is 52.1 Å². The zero-order valence-corrected chi connectivity index (χ0v) is 9.05. The molecule has 0 amide bonds. The van der Waals surface area contributed by atoms with E-state index in [0.717, 1.165) is 0 Å². The largest absolute Gasteiger partial charge is 0.394 e. The fourth-order valence-electron chi connectivity index (χ4n) is 0.356. The first-order chi connectivity index (χ1) is 6.43. The number of ether oxygens (including phenoxy) is 1. The maximum absolute atomic E-state index is 8.69. The molecule has 0 spiro atoms. The predicted octanol–water partition coefficient (Wildman–Crippen LogP) is -0.528. The summed E-state index contributed by atoms with van der Waals surface area (Å²) in [5.74, 6) is 0. The van der Waals surface area contributed by atoms with Gasteiger partial charge in [-0.3, -0.25) is 0 Å². The molecule has 0 aromatic carbocycles. The average Bonchev–Trinajstić information content (AvgIpc) is 2.14. The van der Waals surface area contributed by atoms with E-state index in [4.69, 9.17) is 25.2 Å². The molecule has 0 saturated carbocycles. The van der Waals surface area contributed by atoms with E-state index >= 15 is 0 Å². The molecule has 0 radical (unpaired) electrons. The van der Waals surface area contributed by atoms with Crippen molar-refractivity contribution in [2.24, 2.45) is 0 Å². The molecule has 88 valence electrons. The quantitative estimate of drug-likeness (QED) is 0.458. The third-order valence-corrected chi connectivity index (χ3v) is 1.24. The van der Waals surface area contributed by atoms with Crippen LogP contribution in [0.4, 0.5) is 0 Å². The summed E-state index contributed by atoms with van der Waals surface area (Å²) in [6.07, 6.45) is -1.31. The van der Waals surface area contributed by atoms with Gasteiger partial charge in [0.1, 0.15) is 0 Å². The molecule has 2 unspecified atom stereocenters. The highest BCUT2D eigenvalue weighted by Gasteiger charge is 2.00. The third-order valence-electron chi connectivity index (χ3n) is 1.24. The number of aliphatic hydroxyl groups is 4. The van der Waals surface area contributed by atoms with E-state index in [1.165, 1.54) is 0 Å². The van der Waals surface area contributed by atoms with Crippen LogP contribution in [0.3, 0.4) is 0 Å². The van der Waals surface area contributed by atoms with Gasteiger partial charge in [-0.15, -0.1) is 0 Å². The maximum atomic E-state index is 8.69. The SMILES string of the molecule is CC(O)COC(C)CO.CCC(O)O. The summed E-state index contributed by atoms with van der Waals surface area (Å²) in [5.41, 5.74) is 0. The average molecular weight is 210 g/mol. The first kappa shape index (κ1) is 16.2. The first-order valence-electron chi connectivity index (χ1n) is 4.70. The number of hydrogen-bond donors (Lipinski definition) is 4. The molecule has 0 saturated heterocycles. The molecule has 0 heterocycles. The molecule has 0 aliphatic heterocycles. The van der Waals surface area contributed by atoms with Crippen molar-refractivity contribution in [3.63, 3.8) is 0 Å². The maximum Gasteiger partial charge on any atom is 0.151 e. The summed E-state index contributed by atoms with van der Waals surface area (Å²) in [6, 6.07) is 0. The van der Waals surface area contributed by atoms with Gasteiger partial charge in [0.05, 0.1) is 25.4 Å². The van der Waals surface area contributed by atoms with E-state index < -0.39 is 12.4 Å². The summed E-state index contributed by atoms with van der Waals surface area (Å²) >= 11 is 0. The Morgan fingerprint density at radius 2 is 1.57 bits per heavy atom. The van der Waals surface area contributed by atoms with Gasteiger partial charge >= 0.3 is 0 Å². The zero-order chi connectivity index (χ0) is 11.6. The highest BCUT2D eigenvalue weighted by atomic mass is 16.5. The van der Waals surface area contributed by atoms with Crippen LogP contribution in [0.5, 0.6) is 0 Å². The van der Waals surface area contributed by atoms with Crippen LogP contribution in [-0.2, 0) is 4.74 Å². The standard InChI is InChI=1S/C6H14O3.C3H8O2/c1-5(8)4-9-6(2)3-7;1-2-3(4)5/h5-8H,3-4H2,1-2H3;3-5H,2H2,1H3. The number of rotatable bonds is 5. The fraction of sp³-hybridized carbons (Fsp3) is 1.00. The van der Waals surface area contributed by atoms with Crippen molar-refractivity contribution in [3.05, 3.63) is 0 Å². The molecule has 5 nitrogen and oxygen atoms in total. The topological polar surface area (TPSA) is 90.2 Å². The van der Waals surface area contributed by atoms with Crippen molar-refractivity contribution < 1.29 is 25.2 Å². The van der Waals surface area contributed by atoms with Crippen LogP contribution in [0.25, 0.3) is 0 Å². The van der Waals surface area contributed by atoms with Gasteiger partial charge in [-0.05, 0) is 20.3 Å². The molecule has 0 fully saturated rings. The normalized spacial score (nSPS) is 14.6. The summed E-state index contributed by atoms with van der Waals surface area (Å²) in [4.78, 5) is 0. The van der Waals surface area contributed by atoms with Crippen LogP contribution in [0, 0.1) is 0 Å². The zero-order valence-electron chi connectivity index (χ0n) is 9.05. The lowest BCUT2D eigenvalue weighted by Crippen LogP contribution is -2.19. The van der Waals surface area contributed by atoms with Crippen molar-refractivity contribution in [2.75, 3.05) is 13.2 Å². The second-order valence-electron chi connectivity index (χ2n) is 3.06. The molecule has 5 heteroatoms. The Labute approximate surface area is 85.0 Å². The van der Waals surface area contributed by atoms with Crippen LogP contribution in [0.2, 0.25) is 0 Å². The van der Waals surface area contributed by atoms with Crippen LogP contribution in [0.1, 0.15) is 27.2 Å². The Kier molecular flexibility index (Phi) is 12.6. The summed E-state index contributed by atoms with van der Waals surface area (Å²) in [5, 5.41) is 33.0. The summed E-state index contributed by atoms with van der Waals surface area (Å²) in [7, 11) is 0. The van der Waals surface area contributed by atoms with Gasteiger partial charge in [-0.2, -0.15) is 0 Å². The fourth-order valence-corrected chi connectivity index (χ4v) is 0.356. The second kappa shape index (κ2) is 10.9. The summed E-state index contributed by atoms with van der Waals surface area (Å²) in [6.45, 7) is 5.39. The molecular weight excluding hydrogens is 188 g/mol. The van der Waals surface area contributed by atoms with Gasteiger partial charge in [0, 0.05) is 0 Å². The Bertz CT molecular complexity index is 105. The van der Waals surface area contributed by atoms with Crippen LogP contribution >= 0.6 is 0 Å². The van der Waals surface area contributed by atoms with Crippen molar-refractivity contribution in [1.82, 2.24) is 0 Å². The van der Waals surface area contributed by atoms with Crippen molar-refractivity contribution in [1.29, 1.82) is 0 Å². The lowest BCUT2D eigenvalue weighted by atomic mass is 10.4. The molecular formula is C9H22O5. The first-order valence-corrected chi connectivity index (χ1v) is 4.70. The minimum Gasteiger partial charge on any atom is -0.394 e. The smallest absolute Gasteiger partial charge is 0.151 e. The van der Waals surface area contributed by atoms with E-state index in [-0.39, 0.29) is 12.7 Å². The minimum absolute atomic E-state index is 0.00667. The van der Waals surface area contributed by atoms with Crippen molar-refractivity contribution in [2.45, 2.75) is 45.7 Å². The van der Waals surface area contributed by atoms with Crippen molar-refractivity contribution >= 4 is 0 Å². The Balaban J connectivity index is 0. The Morgan fingerprint density at radius 3 is 1.79 bits per heavy atom. The molecule has 0 aliphatic carbocycles. The number of aliphatic hydroxyl groups excluding tert-OH is 3. The van der Waals surface area contributed by atoms with Gasteiger partial charge in [-0.25, -0.2) is 0 Å².